The normalized spacial score (nSPS) is 13.7. The first-order chi connectivity index (χ1) is 8.00. The number of carboxylic acids is 1. The molecule has 2 rings (SSSR count). The molecule has 88 valence electrons. The standard InChI is InChI=1S/C12H10BrNO3/c1-7(12(16)17)5-14-6-9-8(11(14)15)3-2-4-10(9)13/h2-4H,1,5-6H2,(H,16,17). The van der Waals surface area contributed by atoms with Gasteiger partial charge in [-0.2, -0.15) is 0 Å². The fourth-order valence-electron chi connectivity index (χ4n) is 1.78. The molecule has 1 N–H and O–H groups in total. The lowest BCUT2D eigenvalue weighted by molar-refractivity contribution is -0.132. The van der Waals surface area contributed by atoms with Crippen molar-refractivity contribution in [1.29, 1.82) is 0 Å². The van der Waals surface area contributed by atoms with E-state index in [-0.39, 0.29) is 18.0 Å². The molecule has 1 amide bonds. The fraction of sp³-hybridized carbons (Fsp3) is 0.167. The molecular weight excluding hydrogens is 286 g/mol. The minimum Gasteiger partial charge on any atom is -0.478 e. The van der Waals surface area contributed by atoms with Crippen molar-refractivity contribution in [3.8, 4) is 0 Å². The van der Waals surface area contributed by atoms with Crippen molar-refractivity contribution in [2.24, 2.45) is 0 Å². The molecule has 0 saturated carbocycles. The van der Waals surface area contributed by atoms with Crippen LogP contribution in [-0.4, -0.2) is 28.4 Å². The van der Waals surface area contributed by atoms with E-state index in [2.05, 4.69) is 22.5 Å². The van der Waals surface area contributed by atoms with Crippen LogP contribution in [0, 0.1) is 0 Å². The Hall–Kier alpha value is -1.62. The predicted octanol–water partition coefficient (Wildman–Crippen LogP) is 2.05. The predicted molar refractivity (Wildman–Crippen MR) is 65.7 cm³/mol. The number of hydrogen-bond donors (Lipinski definition) is 1. The molecule has 0 aromatic heterocycles. The molecule has 0 aliphatic carbocycles. The van der Waals surface area contributed by atoms with Crippen LogP contribution in [0.2, 0.25) is 0 Å². The summed E-state index contributed by atoms with van der Waals surface area (Å²) in [5.41, 5.74) is 1.54. The van der Waals surface area contributed by atoms with Crippen molar-refractivity contribution in [1.82, 2.24) is 4.90 Å². The number of carbonyl (C=O) groups excluding carboxylic acids is 1. The Morgan fingerprint density at radius 3 is 2.82 bits per heavy atom. The van der Waals surface area contributed by atoms with Crippen molar-refractivity contribution in [2.75, 3.05) is 6.54 Å². The highest BCUT2D eigenvalue weighted by molar-refractivity contribution is 9.10. The van der Waals surface area contributed by atoms with Crippen LogP contribution in [0.4, 0.5) is 0 Å². The molecule has 0 spiro atoms. The van der Waals surface area contributed by atoms with E-state index in [4.69, 9.17) is 5.11 Å². The number of halogens is 1. The SMILES string of the molecule is C=C(CN1Cc2c(Br)cccc2C1=O)C(=O)O. The van der Waals surface area contributed by atoms with Crippen molar-refractivity contribution < 1.29 is 14.7 Å². The van der Waals surface area contributed by atoms with E-state index < -0.39 is 5.97 Å². The molecular formula is C12H10BrNO3. The summed E-state index contributed by atoms with van der Waals surface area (Å²) < 4.78 is 0.867. The number of amides is 1. The maximum absolute atomic E-state index is 12.0. The summed E-state index contributed by atoms with van der Waals surface area (Å²) in [4.78, 5) is 24.1. The maximum atomic E-state index is 12.0. The van der Waals surface area contributed by atoms with Crippen LogP contribution >= 0.6 is 15.9 Å². The highest BCUT2D eigenvalue weighted by Gasteiger charge is 2.29. The van der Waals surface area contributed by atoms with Gasteiger partial charge in [0.1, 0.15) is 0 Å². The lowest BCUT2D eigenvalue weighted by Gasteiger charge is -2.15. The summed E-state index contributed by atoms with van der Waals surface area (Å²) in [6, 6.07) is 5.39. The second kappa shape index (κ2) is 4.33. The summed E-state index contributed by atoms with van der Waals surface area (Å²) in [5.74, 6) is -1.23. The topological polar surface area (TPSA) is 57.6 Å². The molecule has 17 heavy (non-hydrogen) atoms. The Kier molecular flexibility index (Phi) is 3.02. The Balaban J connectivity index is 2.23. The van der Waals surface area contributed by atoms with Gasteiger partial charge in [-0.05, 0) is 17.7 Å². The van der Waals surface area contributed by atoms with Gasteiger partial charge < -0.3 is 10.0 Å². The second-order valence-corrected chi connectivity index (χ2v) is 4.69. The number of fused-ring (bicyclic) bond motifs is 1. The summed E-state index contributed by atoms with van der Waals surface area (Å²) in [6.07, 6.45) is 0. The molecule has 4 nitrogen and oxygen atoms in total. The van der Waals surface area contributed by atoms with Gasteiger partial charge in [-0.1, -0.05) is 28.6 Å². The molecule has 0 saturated heterocycles. The van der Waals surface area contributed by atoms with Gasteiger partial charge >= 0.3 is 5.97 Å². The van der Waals surface area contributed by atoms with Crippen LogP contribution in [-0.2, 0) is 11.3 Å². The minimum absolute atomic E-state index is 0.0160. The molecule has 1 aromatic carbocycles. The zero-order valence-corrected chi connectivity index (χ0v) is 10.5. The third-order valence-electron chi connectivity index (χ3n) is 2.67. The minimum atomic E-state index is -1.08. The molecule has 1 heterocycles. The average Bonchev–Trinajstić information content (AvgIpc) is 2.58. The first kappa shape index (κ1) is 11.9. The zero-order chi connectivity index (χ0) is 12.6. The first-order valence-electron chi connectivity index (χ1n) is 4.98. The van der Waals surface area contributed by atoms with Gasteiger partial charge in [0.25, 0.3) is 5.91 Å². The quantitative estimate of drug-likeness (QED) is 0.868. The van der Waals surface area contributed by atoms with Crippen LogP contribution in [0.1, 0.15) is 15.9 Å². The zero-order valence-electron chi connectivity index (χ0n) is 8.94. The van der Waals surface area contributed by atoms with Crippen molar-refractivity contribution >= 4 is 27.8 Å². The molecule has 1 aliphatic heterocycles. The van der Waals surface area contributed by atoms with E-state index in [1.165, 1.54) is 4.90 Å². The van der Waals surface area contributed by atoms with Crippen molar-refractivity contribution in [3.63, 3.8) is 0 Å². The Labute approximate surface area is 107 Å². The van der Waals surface area contributed by atoms with E-state index in [9.17, 15) is 9.59 Å². The Morgan fingerprint density at radius 1 is 1.53 bits per heavy atom. The molecule has 0 fully saturated rings. The molecule has 0 unspecified atom stereocenters. The molecule has 5 heteroatoms. The van der Waals surface area contributed by atoms with E-state index in [1.54, 1.807) is 12.1 Å². The summed E-state index contributed by atoms with van der Waals surface area (Å²) in [6.45, 7) is 3.90. The van der Waals surface area contributed by atoms with E-state index >= 15 is 0 Å². The number of carbonyl (C=O) groups is 2. The van der Waals surface area contributed by atoms with Gasteiger partial charge in [-0.25, -0.2) is 4.79 Å². The van der Waals surface area contributed by atoms with Crippen LogP contribution in [0.3, 0.4) is 0 Å². The highest BCUT2D eigenvalue weighted by Crippen LogP contribution is 2.29. The highest BCUT2D eigenvalue weighted by atomic mass is 79.9. The van der Waals surface area contributed by atoms with E-state index in [0.717, 1.165) is 10.0 Å². The van der Waals surface area contributed by atoms with Gasteiger partial charge in [0, 0.05) is 22.2 Å². The van der Waals surface area contributed by atoms with Gasteiger partial charge in [-0.15, -0.1) is 0 Å². The van der Waals surface area contributed by atoms with Crippen LogP contribution in [0.5, 0.6) is 0 Å². The molecule has 0 radical (unpaired) electrons. The summed E-state index contributed by atoms with van der Waals surface area (Å²) in [7, 11) is 0. The van der Waals surface area contributed by atoms with Gasteiger partial charge in [0.15, 0.2) is 0 Å². The van der Waals surface area contributed by atoms with Crippen molar-refractivity contribution in [3.05, 3.63) is 46.0 Å². The first-order valence-corrected chi connectivity index (χ1v) is 5.77. The molecule has 1 aromatic rings. The molecule has 1 aliphatic rings. The summed E-state index contributed by atoms with van der Waals surface area (Å²) >= 11 is 3.38. The summed E-state index contributed by atoms with van der Waals surface area (Å²) in [5, 5.41) is 8.75. The average molecular weight is 296 g/mol. The smallest absolute Gasteiger partial charge is 0.332 e. The third kappa shape index (κ3) is 2.10. The van der Waals surface area contributed by atoms with E-state index in [0.29, 0.717) is 12.1 Å². The van der Waals surface area contributed by atoms with Crippen LogP contribution in [0.25, 0.3) is 0 Å². The second-order valence-electron chi connectivity index (χ2n) is 3.84. The molecule has 0 bridgehead atoms. The van der Waals surface area contributed by atoms with Crippen LogP contribution < -0.4 is 0 Å². The third-order valence-corrected chi connectivity index (χ3v) is 3.41. The number of hydrogen-bond acceptors (Lipinski definition) is 2. The van der Waals surface area contributed by atoms with Gasteiger partial charge in [0.2, 0.25) is 0 Å². The Bertz CT molecular complexity index is 524. The number of nitrogens with zero attached hydrogens (tertiary/aromatic N) is 1. The number of aliphatic carboxylic acids is 1. The van der Waals surface area contributed by atoms with E-state index in [1.807, 2.05) is 6.07 Å². The number of rotatable bonds is 3. The number of benzene rings is 1. The molecule has 0 atom stereocenters. The lowest BCUT2D eigenvalue weighted by atomic mass is 10.1. The van der Waals surface area contributed by atoms with Gasteiger partial charge in [-0.3, -0.25) is 4.79 Å². The maximum Gasteiger partial charge on any atom is 0.332 e. The van der Waals surface area contributed by atoms with Crippen LogP contribution in [0.15, 0.2) is 34.8 Å². The fourth-order valence-corrected chi connectivity index (χ4v) is 2.27. The van der Waals surface area contributed by atoms with Gasteiger partial charge in [0.05, 0.1) is 6.54 Å². The van der Waals surface area contributed by atoms with Crippen molar-refractivity contribution in [2.45, 2.75) is 6.54 Å². The lowest BCUT2D eigenvalue weighted by Crippen LogP contribution is -2.28. The number of carboxylic acid groups (broad SMARTS) is 1. The monoisotopic (exact) mass is 295 g/mol. The Morgan fingerprint density at radius 2 is 2.24 bits per heavy atom. The largest absolute Gasteiger partial charge is 0.478 e.